The van der Waals surface area contributed by atoms with Gasteiger partial charge >= 0.3 is 0 Å². The van der Waals surface area contributed by atoms with Crippen molar-refractivity contribution in [1.82, 2.24) is 0 Å². The molecule has 1 atom stereocenters. The molecule has 0 aliphatic carbocycles. The van der Waals surface area contributed by atoms with E-state index in [1.807, 2.05) is 6.07 Å². The van der Waals surface area contributed by atoms with E-state index >= 15 is 0 Å². The van der Waals surface area contributed by atoms with Gasteiger partial charge in [-0.15, -0.1) is 11.3 Å². The summed E-state index contributed by atoms with van der Waals surface area (Å²) in [4.78, 5) is 1.32. The van der Waals surface area contributed by atoms with Gasteiger partial charge in [0.2, 0.25) is 0 Å². The van der Waals surface area contributed by atoms with Crippen LogP contribution in [0.4, 0.5) is 5.69 Å². The Morgan fingerprint density at radius 3 is 2.33 bits per heavy atom. The highest BCUT2D eigenvalue weighted by Gasteiger charge is 2.11. The van der Waals surface area contributed by atoms with Gasteiger partial charge in [-0.2, -0.15) is 0 Å². The number of halogens is 1. The van der Waals surface area contributed by atoms with Crippen LogP contribution >= 0.6 is 27.3 Å². The Labute approximate surface area is 137 Å². The van der Waals surface area contributed by atoms with Crippen LogP contribution in [0.15, 0.2) is 70.5 Å². The second-order valence-corrected chi connectivity index (χ2v) is 7.41. The van der Waals surface area contributed by atoms with Crippen LogP contribution in [0.25, 0.3) is 11.1 Å². The van der Waals surface area contributed by atoms with Gasteiger partial charge in [0.05, 0.1) is 9.83 Å². The fourth-order valence-electron chi connectivity index (χ4n) is 2.34. The summed E-state index contributed by atoms with van der Waals surface area (Å²) in [7, 11) is 0. The molecule has 1 heterocycles. The van der Waals surface area contributed by atoms with Crippen molar-refractivity contribution in [1.29, 1.82) is 0 Å². The Balaban J connectivity index is 1.89. The maximum Gasteiger partial charge on any atom is 0.0702 e. The van der Waals surface area contributed by atoms with Crippen molar-refractivity contribution in [3.63, 3.8) is 0 Å². The summed E-state index contributed by atoms with van der Waals surface area (Å²) in [6.07, 6.45) is 0. The highest BCUT2D eigenvalue weighted by atomic mass is 79.9. The summed E-state index contributed by atoms with van der Waals surface area (Å²) in [6, 6.07) is 23.5. The predicted molar refractivity (Wildman–Crippen MR) is 95.9 cm³/mol. The summed E-state index contributed by atoms with van der Waals surface area (Å²) < 4.78 is 1.17. The molecule has 0 aliphatic rings. The number of benzene rings is 2. The first-order chi connectivity index (χ1) is 10.2. The molecular weight excluding hydrogens is 342 g/mol. The maximum absolute atomic E-state index is 3.63. The molecule has 3 aromatic rings. The molecule has 0 spiro atoms. The van der Waals surface area contributed by atoms with E-state index in [2.05, 4.69) is 88.8 Å². The lowest BCUT2D eigenvalue weighted by Crippen LogP contribution is -2.05. The summed E-state index contributed by atoms with van der Waals surface area (Å²) in [6.45, 7) is 2.19. The lowest BCUT2D eigenvalue weighted by atomic mass is 10.0. The first kappa shape index (κ1) is 14.4. The van der Waals surface area contributed by atoms with Crippen LogP contribution in [0, 0.1) is 0 Å². The minimum atomic E-state index is 0.283. The van der Waals surface area contributed by atoms with Crippen molar-refractivity contribution in [2.75, 3.05) is 5.32 Å². The van der Waals surface area contributed by atoms with Crippen molar-refractivity contribution >= 4 is 33.0 Å². The number of hydrogen-bond donors (Lipinski definition) is 1. The molecule has 1 unspecified atom stereocenters. The molecule has 1 aromatic heterocycles. The van der Waals surface area contributed by atoms with Crippen molar-refractivity contribution in [2.24, 2.45) is 0 Å². The van der Waals surface area contributed by atoms with Gasteiger partial charge in [0, 0.05) is 16.1 Å². The molecule has 106 valence electrons. The van der Waals surface area contributed by atoms with E-state index in [1.165, 1.54) is 25.5 Å². The average Bonchev–Trinajstić information content (AvgIpc) is 2.95. The number of hydrogen-bond acceptors (Lipinski definition) is 2. The van der Waals surface area contributed by atoms with Gasteiger partial charge in [0.15, 0.2) is 0 Å². The fourth-order valence-corrected chi connectivity index (χ4v) is 3.77. The summed E-state index contributed by atoms with van der Waals surface area (Å²) >= 11 is 5.30. The summed E-state index contributed by atoms with van der Waals surface area (Å²) in [5.41, 5.74) is 3.64. The second kappa shape index (κ2) is 6.46. The summed E-state index contributed by atoms with van der Waals surface area (Å²) in [5.74, 6) is 0. The molecule has 0 aliphatic heterocycles. The molecule has 0 bridgehead atoms. The van der Waals surface area contributed by atoms with E-state index in [9.17, 15) is 0 Å². The lowest BCUT2D eigenvalue weighted by molar-refractivity contribution is 0.909. The maximum atomic E-state index is 3.63. The molecule has 1 nitrogen and oxygen atoms in total. The molecule has 3 heteroatoms. The van der Waals surface area contributed by atoms with Crippen LogP contribution in [0.2, 0.25) is 0 Å². The van der Waals surface area contributed by atoms with Crippen LogP contribution in [0.5, 0.6) is 0 Å². The normalized spacial score (nSPS) is 12.1. The largest absolute Gasteiger partial charge is 0.377 e. The standard InChI is InChI=1S/C18H16BrNS/c1-13(17-11-12-18(19)21-17)20-16-10-6-5-9-15(16)14-7-3-2-4-8-14/h2-13,20H,1H3. The lowest BCUT2D eigenvalue weighted by Gasteiger charge is -2.17. The molecule has 21 heavy (non-hydrogen) atoms. The molecule has 0 saturated carbocycles. The average molecular weight is 358 g/mol. The van der Waals surface area contributed by atoms with Crippen molar-refractivity contribution in [3.05, 3.63) is 75.4 Å². The van der Waals surface area contributed by atoms with Gasteiger partial charge in [0.1, 0.15) is 0 Å². The molecule has 1 N–H and O–H groups in total. The molecule has 3 rings (SSSR count). The van der Waals surface area contributed by atoms with Gasteiger partial charge in [-0.1, -0.05) is 48.5 Å². The van der Waals surface area contributed by atoms with Crippen molar-refractivity contribution in [2.45, 2.75) is 13.0 Å². The molecule has 0 amide bonds. The first-order valence-corrected chi connectivity index (χ1v) is 8.51. The molecular formula is C18H16BrNS. The van der Waals surface area contributed by atoms with Gasteiger partial charge in [-0.05, 0) is 46.6 Å². The Morgan fingerprint density at radius 2 is 1.62 bits per heavy atom. The Hall–Kier alpha value is -1.58. The van der Waals surface area contributed by atoms with Crippen LogP contribution in [-0.2, 0) is 0 Å². The number of rotatable bonds is 4. The Bertz CT molecular complexity index is 721. The minimum Gasteiger partial charge on any atom is -0.377 e. The number of para-hydroxylation sites is 1. The minimum absolute atomic E-state index is 0.283. The number of anilines is 1. The highest BCUT2D eigenvalue weighted by molar-refractivity contribution is 9.11. The zero-order valence-electron chi connectivity index (χ0n) is 11.7. The van der Waals surface area contributed by atoms with Gasteiger partial charge in [-0.25, -0.2) is 0 Å². The second-order valence-electron chi connectivity index (χ2n) is 4.92. The Kier molecular flexibility index (Phi) is 4.42. The SMILES string of the molecule is CC(Nc1ccccc1-c1ccccc1)c1ccc(Br)s1. The van der Waals surface area contributed by atoms with Gasteiger partial charge in [0.25, 0.3) is 0 Å². The van der Waals surface area contributed by atoms with E-state index in [4.69, 9.17) is 0 Å². The number of nitrogens with one attached hydrogen (secondary N) is 1. The van der Waals surface area contributed by atoms with Gasteiger partial charge < -0.3 is 5.32 Å². The smallest absolute Gasteiger partial charge is 0.0702 e. The van der Waals surface area contributed by atoms with E-state index in [0.29, 0.717) is 0 Å². The first-order valence-electron chi connectivity index (χ1n) is 6.90. The molecule has 0 radical (unpaired) electrons. The van der Waals surface area contributed by atoms with Crippen LogP contribution in [0.3, 0.4) is 0 Å². The van der Waals surface area contributed by atoms with E-state index in [-0.39, 0.29) is 6.04 Å². The van der Waals surface area contributed by atoms with Crippen LogP contribution in [-0.4, -0.2) is 0 Å². The van der Waals surface area contributed by atoms with Crippen LogP contribution in [0.1, 0.15) is 17.8 Å². The third-order valence-electron chi connectivity index (χ3n) is 3.40. The molecule has 0 saturated heterocycles. The van der Waals surface area contributed by atoms with Crippen molar-refractivity contribution in [3.8, 4) is 11.1 Å². The van der Waals surface area contributed by atoms with Crippen molar-refractivity contribution < 1.29 is 0 Å². The quantitative estimate of drug-likeness (QED) is 0.573. The zero-order chi connectivity index (χ0) is 14.7. The Morgan fingerprint density at radius 1 is 0.905 bits per heavy atom. The van der Waals surface area contributed by atoms with Gasteiger partial charge in [-0.3, -0.25) is 0 Å². The van der Waals surface area contributed by atoms with E-state index in [1.54, 1.807) is 11.3 Å². The zero-order valence-corrected chi connectivity index (χ0v) is 14.1. The predicted octanol–water partition coefficient (Wildman–Crippen LogP) is 6.35. The molecule has 2 aromatic carbocycles. The third-order valence-corrected chi connectivity index (χ3v) is 5.21. The number of thiophene rings is 1. The monoisotopic (exact) mass is 357 g/mol. The van der Waals surface area contributed by atoms with E-state index < -0.39 is 0 Å². The topological polar surface area (TPSA) is 12.0 Å². The highest BCUT2D eigenvalue weighted by Crippen LogP contribution is 2.33. The van der Waals surface area contributed by atoms with E-state index in [0.717, 1.165) is 0 Å². The third kappa shape index (κ3) is 3.36. The molecule has 0 fully saturated rings. The van der Waals surface area contributed by atoms with Crippen LogP contribution < -0.4 is 5.32 Å². The summed E-state index contributed by atoms with van der Waals surface area (Å²) in [5, 5.41) is 3.63. The fraction of sp³-hybridized carbons (Fsp3) is 0.111.